The van der Waals surface area contributed by atoms with E-state index in [9.17, 15) is 18.0 Å². The molecule has 0 heterocycles. The second-order valence-corrected chi connectivity index (χ2v) is 10.6. The molecule has 0 bridgehead atoms. The molecule has 0 radical (unpaired) electrons. The molecule has 2 amide bonds. The lowest BCUT2D eigenvalue weighted by molar-refractivity contribution is -0.140. The van der Waals surface area contributed by atoms with Gasteiger partial charge in [-0.1, -0.05) is 50.2 Å². The van der Waals surface area contributed by atoms with E-state index in [0.29, 0.717) is 18.7 Å². The predicted molar refractivity (Wildman–Crippen MR) is 137 cm³/mol. The normalized spacial score (nSPS) is 12.2. The van der Waals surface area contributed by atoms with E-state index in [1.54, 1.807) is 12.1 Å². The van der Waals surface area contributed by atoms with Gasteiger partial charge in [0, 0.05) is 13.1 Å². The van der Waals surface area contributed by atoms with Crippen LogP contribution in [0.1, 0.15) is 48.9 Å². The van der Waals surface area contributed by atoms with Crippen LogP contribution in [0, 0.1) is 20.8 Å². The number of nitrogens with zero attached hydrogens (tertiary/aromatic N) is 2. The molecule has 8 heteroatoms. The standard InChI is InChI=1S/C26H37N3O4S/c1-7-16-27-26(31)23(8-2)28(17-22-14-10-9-12-20(22)4)25(30)18-29(34(6,32)33)24-15-11-13-19(3)21(24)5/h9-15,23H,7-8,16-18H2,1-6H3,(H,27,31)/t23-/m1/s1. The van der Waals surface area contributed by atoms with E-state index >= 15 is 0 Å². The first kappa shape index (κ1) is 27.4. The van der Waals surface area contributed by atoms with Crippen molar-refractivity contribution in [2.45, 2.75) is 60.0 Å². The molecule has 34 heavy (non-hydrogen) atoms. The van der Waals surface area contributed by atoms with Crippen molar-refractivity contribution >= 4 is 27.5 Å². The first-order chi connectivity index (χ1) is 16.0. The summed E-state index contributed by atoms with van der Waals surface area (Å²) < 4.78 is 26.7. The van der Waals surface area contributed by atoms with Gasteiger partial charge in [0.15, 0.2) is 0 Å². The summed E-state index contributed by atoms with van der Waals surface area (Å²) in [5.41, 5.74) is 4.10. The minimum atomic E-state index is -3.75. The predicted octanol–water partition coefficient (Wildman–Crippen LogP) is 3.71. The second-order valence-electron chi connectivity index (χ2n) is 8.65. The van der Waals surface area contributed by atoms with Crippen LogP contribution in [0.3, 0.4) is 0 Å². The van der Waals surface area contributed by atoms with Crippen molar-refractivity contribution in [3.63, 3.8) is 0 Å². The van der Waals surface area contributed by atoms with Crippen molar-refractivity contribution < 1.29 is 18.0 Å². The lowest BCUT2D eigenvalue weighted by Crippen LogP contribution is -2.52. The highest BCUT2D eigenvalue weighted by molar-refractivity contribution is 7.92. The number of carbonyl (C=O) groups excluding carboxylic acids is 2. The zero-order valence-corrected chi connectivity index (χ0v) is 21.9. The van der Waals surface area contributed by atoms with E-state index in [1.807, 2.05) is 65.0 Å². The molecule has 0 aliphatic carbocycles. The third-order valence-electron chi connectivity index (χ3n) is 6.06. The van der Waals surface area contributed by atoms with E-state index in [-0.39, 0.29) is 19.0 Å². The van der Waals surface area contributed by atoms with Crippen LogP contribution in [0.15, 0.2) is 42.5 Å². The van der Waals surface area contributed by atoms with Crippen LogP contribution in [0.25, 0.3) is 0 Å². The summed E-state index contributed by atoms with van der Waals surface area (Å²) in [4.78, 5) is 28.2. The molecule has 1 N–H and O–H groups in total. The third-order valence-corrected chi connectivity index (χ3v) is 7.19. The fraction of sp³-hybridized carbons (Fsp3) is 0.462. The van der Waals surface area contributed by atoms with Gasteiger partial charge >= 0.3 is 0 Å². The number of nitrogens with one attached hydrogen (secondary N) is 1. The van der Waals surface area contributed by atoms with Gasteiger partial charge in [-0.3, -0.25) is 13.9 Å². The smallest absolute Gasteiger partial charge is 0.244 e. The second kappa shape index (κ2) is 12.0. The van der Waals surface area contributed by atoms with E-state index in [1.165, 1.54) is 4.90 Å². The van der Waals surface area contributed by atoms with Gasteiger partial charge in [0.05, 0.1) is 11.9 Å². The molecule has 0 spiro atoms. The van der Waals surface area contributed by atoms with Crippen molar-refractivity contribution in [2.24, 2.45) is 0 Å². The van der Waals surface area contributed by atoms with Crippen molar-refractivity contribution in [2.75, 3.05) is 23.7 Å². The molecule has 7 nitrogen and oxygen atoms in total. The van der Waals surface area contributed by atoms with Crippen molar-refractivity contribution in [3.05, 3.63) is 64.7 Å². The third kappa shape index (κ3) is 6.82. The Morgan fingerprint density at radius 2 is 1.62 bits per heavy atom. The van der Waals surface area contributed by atoms with Gasteiger partial charge in [0.1, 0.15) is 12.6 Å². The number of amides is 2. The molecule has 1 atom stereocenters. The largest absolute Gasteiger partial charge is 0.354 e. The summed E-state index contributed by atoms with van der Waals surface area (Å²) in [6.07, 6.45) is 2.29. The fourth-order valence-corrected chi connectivity index (χ4v) is 4.76. The Hall–Kier alpha value is -2.87. The Morgan fingerprint density at radius 1 is 0.971 bits per heavy atom. The molecule has 186 valence electrons. The van der Waals surface area contributed by atoms with E-state index in [0.717, 1.165) is 39.2 Å². The van der Waals surface area contributed by atoms with Gasteiger partial charge in [-0.2, -0.15) is 0 Å². The topological polar surface area (TPSA) is 86.8 Å². The Kier molecular flexibility index (Phi) is 9.67. The Bertz CT molecular complexity index is 1110. The lowest BCUT2D eigenvalue weighted by Gasteiger charge is -2.33. The summed E-state index contributed by atoms with van der Waals surface area (Å²) in [5.74, 6) is -0.656. The molecule has 0 unspecified atom stereocenters. The number of hydrogen-bond acceptors (Lipinski definition) is 4. The van der Waals surface area contributed by atoms with Gasteiger partial charge in [0.25, 0.3) is 0 Å². The Morgan fingerprint density at radius 3 is 2.21 bits per heavy atom. The zero-order chi connectivity index (χ0) is 25.5. The fourth-order valence-electron chi connectivity index (χ4n) is 3.86. The maximum absolute atomic E-state index is 13.7. The number of anilines is 1. The van der Waals surface area contributed by atoms with Gasteiger partial charge in [0.2, 0.25) is 21.8 Å². The monoisotopic (exact) mass is 487 g/mol. The van der Waals surface area contributed by atoms with E-state index in [2.05, 4.69) is 5.32 Å². The van der Waals surface area contributed by atoms with Crippen LogP contribution < -0.4 is 9.62 Å². The molecule has 0 aromatic heterocycles. The maximum Gasteiger partial charge on any atom is 0.244 e. The van der Waals surface area contributed by atoms with E-state index in [4.69, 9.17) is 0 Å². The summed E-state index contributed by atoms with van der Waals surface area (Å²) >= 11 is 0. The van der Waals surface area contributed by atoms with Crippen molar-refractivity contribution in [1.82, 2.24) is 10.2 Å². The summed E-state index contributed by atoms with van der Waals surface area (Å²) in [6.45, 7) is 9.86. The molecule has 2 aromatic rings. The van der Waals surface area contributed by atoms with Crippen LogP contribution in [-0.4, -0.2) is 50.5 Å². The number of sulfonamides is 1. The first-order valence-electron chi connectivity index (χ1n) is 11.7. The lowest BCUT2D eigenvalue weighted by atomic mass is 10.1. The minimum absolute atomic E-state index is 0.216. The minimum Gasteiger partial charge on any atom is -0.354 e. The summed E-state index contributed by atoms with van der Waals surface area (Å²) in [5, 5.41) is 2.89. The van der Waals surface area contributed by atoms with Gasteiger partial charge in [-0.25, -0.2) is 8.42 Å². The van der Waals surface area contributed by atoms with Gasteiger partial charge in [-0.05, 0) is 61.9 Å². The first-order valence-corrected chi connectivity index (χ1v) is 13.5. The van der Waals surface area contributed by atoms with Crippen LogP contribution in [0.4, 0.5) is 5.69 Å². The molecule has 2 aromatic carbocycles. The quantitative estimate of drug-likeness (QED) is 0.523. The summed E-state index contributed by atoms with van der Waals surface area (Å²) in [7, 11) is -3.75. The van der Waals surface area contributed by atoms with Crippen LogP contribution >= 0.6 is 0 Å². The number of aryl methyl sites for hydroxylation is 2. The number of hydrogen-bond donors (Lipinski definition) is 1. The Balaban J connectivity index is 2.48. The van der Waals surface area contributed by atoms with Crippen LogP contribution in [0.5, 0.6) is 0 Å². The number of benzene rings is 2. The molecule has 0 fully saturated rings. The number of rotatable bonds is 11. The zero-order valence-electron chi connectivity index (χ0n) is 21.1. The van der Waals surface area contributed by atoms with Crippen LogP contribution in [-0.2, 0) is 26.2 Å². The highest BCUT2D eigenvalue weighted by Gasteiger charge is 2.32. The van der Waals surface area contributed by atoms with Gasteiger partial charge < -0.3 is 10.2 Å². The highest BCUT2D eigenvalue weighted by Crippen LogP contribution is 2.26. The highest BCUT2D eigenvalue weighted by atomic mass is 32.2. The maximum atomic E-state index is 13.7. The number of carbonyl (C=O) groups is 2. The van der Waals surface area contributed by atoms with Crippen molar-refractivity contribution in [3.8, 4) is 0 Å². The van der Waals surface area contributed by atoms with E-state index < -0.39 is 22.0 Å². The Labute approximate surface area is 204 Å². The molecule has 0 aliphatic heterocycles. The van der Waals surface area contributed by atoms with Crippen LogP contribution in [0.2, 0.25) is 0 Å². The molecule has 0 aliphatic rings. The average Bonchev–Trinajstić information content (AvgIpc) is 2.78. The summed E-state index contributed by atoms with van der Waals surface area (Å²) in [6, 6.07) is 12.4. The SMILES string of the molecule is CCCNC(=O)[C@@H](CC)N(Cc1ccccc1C)C(=O)CN(c1cccc(C)c1C)S(C)(=O)=O. The average molecular weight is 488 g/mol. The molecular formula is C26H37N3O4S. The van der Waals surface area contributed by atoms with Crippen molar-refractivity contribution in [1.29, 1.82) is 0 Å². The molecule has 2 rings (SSSR count). The molecular weight excluding hydrogens is 450 g/mol. The molecule has 0 saturated carbocycles. The molecule has 0 saturated heterocycles. The van der Waals surface area contributed by atoms with Gasteiger partial charge in [-0.15, -0.1) is 0 Å².